The van der Waals surface area contributed by atoms with Gasteiger partial charge in [-0.1, -0.05) is 18.2 Å². The number of methoxy groups -OCH3 is 1. The van der Waals surface area contributed by atoms with Crippen LogP contribution in [0.25, 0.3) is 11.8 Å². The minimum absolute atomic E-state index is 0.255. The fraction of sp³-hybridized carbons (Fsp3) is 0.130. The number of ether oxygens (including phenoxy) is 1. The van der Waals surface area contributed by atoms with E-state index in [-0.39, 0.29) is 5.91 Å². The molecule has 1 aromatic heterocycles. The van der Waals surface area contributed by atoms with Crippen LogP contribution in [-0.4, -0.2) is 23.8 Å². The predicted octanol–water partition coefficient (Wildman–Crippen LogP) is 4.53. The molecule has 0 fully saturated rings. The SMILES string of the molecule is COc1ccccc1/C=C/C=N/NC(=O)c1ccc(-n2c(C)ccc2C)cc1. The summed E-state index contributed by atoms with van der Waals surface area (Å²) < 4.78 is 7.42. The third kappa shape index (κ3) is 4.38. The molecule has 5 heteroatoms. The first kappa shape index (κ1) is 19.2. The van der Waals surface area contributed by atoms with Crippen molar-refractivity contribution in [2.24, 2.45) is 5.10 Å². The van der Waals surface area contributed by atoms with E-state index in [0.717, 1.165) is 28.4 Å². The summed E-state index contributed by atoms with van der Waals surface area (Å²) in [5.74, 6) is 0.527. The smallest absolute Gasteiger partial charge is 0.271 e. The van der Waals surface area contributed by atoms with E-state index < -0.39 is 0 Å². The van der Waals surface area contributed by atoms with Crippen molar-refractivity contribution in [2.45, 2.75) is 13.8 Å². The molecule has 1 N–H and O–H groups in total. The number of benzene rings is 2. The fourth-order valence-corrected chi connectivity index (χ4v) is 2.99. The second kappa shape index (κ2) is 8.86. The summed E-state index contributed by atoms with van der Waals surface area (Å²) in [6, 6.07) is 19.3. The van der Waals surface area contributed by atoms with Crippen LogP contribution in [0.1, 0.15) is 27.3 Å². The molecule has 1 heterocycles. The number of aromatic nitrogens is 1. The van der Waals surface area contributed by atoms with Gasteiger partial charge < -0.3 is 9.30 Å². The fourth-order valence-electron chi connectivity index (χ4n) is 2.99. The Labute approximate surface area is 165 Å². The van der Waals surface area contributed by atoms with E-state index in [1.807, 2.05) is 42.5 Å². The zero-order valence-corrected chi connectivity index (χ0v) is 16.2. The summed E-state index contributed by atoms with van der Waals surface area (Å²) in [5.41, 5.74) is 7.36. The first-order chi connectivity index (χ1) is 13.6. The summed E-state index contributed by atoms with van der Waals surface area (Å²) >= 11 is 0. The molecular formula is C23H23N3O2. The number of carbonyl (C=O) groups excluding carboxylic acids is 1. The van der Waals surface area contributed by atoms with Crippen LogP contribution in [-0.2, 0) is 0 Å². The van der Waals surface area contributed by atoms with Crippen LogP contribution in [0.5, 0.6) is 5.75 Å². The molecule has 3 rings (SSSR count). The number of carbonyl (C=O) groups is 1. The van der Waals surface area contributed by atoms with Crippen molar-refractivity contribution in [3.63, 3.8) is 0 Å². The Bertz CT molecular complexity index is 995. The van der Waals surface area contributed by atoms with E-state index in [1.165, 1.54) is 6.21 Å². The molecule has 2 aromatic carbocycles. The molecule has 0 bridgehead atoms. The van der Waals surface area contributed by atoms with Crippen LogP contribution in [0.15, 0.2) is 71.8 Å². The second-order valence-corrected chi connectivity index (χ2v) is 6.32. The van der Waals surface area contributed by atoms with E-state index in [2.05, 4.69) is 41.1 Å². The second-order valence-electron chi connectivity index (χ2n) is 6.32. The van der Waals surface area contributed by atoms with Crippen LogP contribution < -0.4 is 10.2 Å². The Morgan fingerprint density at radius 1 is 1.00 bits per heavy atom. The lowest BCUT2D eigenvalue weighted by Gasteiger charge is -2.09. The topological polar surface area (TPSA) is 55.6 Å². The van der Waals surface area contributed by atoms with Crippen molar-refractivity contribution in [2.75, 3.05) is 7.11 Å². The molecule has 0 radical (unpaired) electrons. The van der Waals surface area contributed by atoms with Crippen LogP contribution in [0.4, 0.5) is 0 Å². The van der Waals surface area contributed by atoms with Gasteiger partial charge in [-0.05, 0) is 68.5 Å². The zero-order chi connectivity index (χ0) is 19.9. The van der Waals surface area contributed by atoms with Gasteiger partial charge in [-0.2, -0.15) is 5.10 Å². The van der Waals surface area contributed by atoms with Crippen LogP contribution in [0.2, 0.25) is 0 Å². The number of hydrogen-bond acceptors (Lipinski definition) is 3. The molecule has 1 amide bonds. The lowest BCUT2D eigenvalue weighted by molar-refractivity contribution is 0.0955. The van der Waals surface area contributed by atoms with Crippen LogP contribution >= 0.6 is 0 Å². The number of rotatable bonds is 6. The lowest BCUT2D eigenvalue weighted by atomic mass is 10.2. The number of nitrogens with one attached hydrogen (secondary N) is 1. The number of para-hydroxylation sites is 1. The van der Waals surface area contributed by atoms with Gasteiger partial charge in [0, 0.05) is 34.4 Å². The first-order valence-corrected chi connectivity index (χ1v) is 8.98. The normalized spacial score (nSPS) is 11.2. The monoisotopic (exact) mass is 373 g/mol. The van der Waals surface area contributed by atoms with Crippen molar-refractivity contribution in [3.05, 3.63) is 89.3 Å². The number of amides is 1. The third-order valence-corrected chi connectivity index (χ3v) is 4.40. The molecule has 0 saturated carbocycles. The number of allylic oxidation sites excluding steroid dienone is 1. The summed E-state index contributed by atoms with van der Waals surface area (Å²) in [6.45, 7) is 4.11. The summed E-state index contributed by atoms with van der Waals surface area (Å²) in [4.78, 5) is 12.2. The number of nitrogens with zero attached hydrogens (tertiary/aromatic N) is 2. The summed E-state index contributed by atoms with van der Waals surface area (Å²) in [6.07, 6.45) is 5.15. The average Bonchev–Trinajstić information content (AvgIpc) is 3.06. The van der Waals surface area contributed by atoms with Gasteiger partial charge in [-0.15, -0.1) is 0 Å². The maximum atomic E-state index is 12.2. The molecule has 5 nitrogen and oxygen atoms in total. The van der Waals surface area contributed by atoms with E-state index >= 15 is 0 Å². The van der Waals surface area contributed by atoms with Crippen LogP contribution in [0.3, 0.4) is 0 Å². The maximum Gasteiger partial charge on any atom is 0.271 e. The molecule has 0 spiro atoms. The number of hydrazone groups is 1. The van der Waals surface area contributed by atoms with Gasteiger partial charge in [-0.3, -0.25) is 4.79 Å². The van der Waals surface area contributed by atoms with Crippen molar-refractivity contribution in [3.8, 4) is 11.4 Å². The number of hydrogen-bond donors (Lipinski definition) is 1. The van der Waals surface area contributed by atoms with Gasteiger partial charge in [0.15, 0.2) is 0 Å². The average molecular weight is 373 g/mol. The molecule has 0 aliphatic heterocycles. The minimum atomic E-state index is -0.255. The van der Waals surface area contributed by atoms with E-state index in [4.69, 9.17) is 4.74 Å². The van der Waals surface area contributed by atoms with Crippen molar-refractivity contribution >= 4 is 18.2 Å². The van der Waals surface area contributed by atoms with Gasteiger partial charge in [0.2, 0.25) is 0 Å². The van der Waals surface area contributed by atoms with Gasteiger partial charge in [0.1, 0.15) is 5.75 Å². The van der Waals surface area contributed by atoms with E-state index in [0.29, 0.717) is 5.56 Å². The van der Waals surface area contributed by atoms with Gasteiger partial charge in [0.05, 0.1) is 7.11 Å². The summed E-state index contributed by atoms with van der Waals surface area (Å²) in [5, 5.41) is 3.96. The molecule has 28 heavy (non-hydrogen) atoms. The molecule has 0 aliphatic rings. The Kier molecular flexibility index (Phi) is 6.07. The highest BCUT2D eigenvalue weighted by Gasteiger charge is 2.07. The number of aryl methyl sites for hydroxylation is 2. The molecular weight excluding hydrogens is 350 g/mol. The molecule has 0 unspecified atom stereocenters. The Morgan fingerprint density at radius 2 is 1.68 bits per heavy atom. The van der Waals surface area contributed by atoms with Gasteiger partial charge >= 0.3 is 0 Å². The molecule has 0 saturated heterocycles. The van der Waals surface area contributed by atoms with Gasteiger partial charge in [0.25, 0.3) is 5.91 Å². The predicted molar refractivity (Wildman–Crippen MR) is 113 cm³/mol. The Morgan fingerprint density at radius 3 is 2.36 bits per heavy atom. The van der Waals surface area contributed by atoms with E-state index in [9.17, 15) is 4.79 Å². The largest absolute Gasteiger partial charge is 0.496 e. The van der Waals surface area contributed by atoms with E-state index in [1.54, 1.807) is 25.3 Å². The van der Waals surface area contributed by atoms with Crippen molar-refractivity contribution in [1.29, 1.82) is 0 Å². The van der Waals surface area contributed by atoms with Crippen molar-refractivity contribution in [1.82, 2.24) is 9.99 Å². The first-order valence-electron chi connectivity index (χ1n) is 8.98. The highest BCUT2D eigenvalue weighted by Crippen LogP contribution is 2.18. The minimum Gasteiger partial charge on any atom is -0.496 e. The van der Waals surface area contributed by atoms with Crippen LogP contribution in [0, 0.1) is 13.8 Å². The highest BCUT2D eigenvalue weighted by molar-refractivity contribution is 5.94. The molecule has 0 atom stereocenters. The lowest BCUT2D eigenvalue weighted by Crippen LogP contribution is -2.17. The Balaban J connectivity index is 1.60. The molecule has 142 valence electrons. The highest BCUT2D eigenvalue weighted by atomic mass is 16.5. The standard InChI is InChI=1S/C23H23N3O2/c1-17-10-11-18(2)26(17)21-14-12-20(13-15-21)23(27)25-24-16-6-8-19-7-4-5-9-22(19)28-3/h4-16H,1-3H3,(H,25,27)/b8-6+,24-16+. The summed E-state index contributed by atoms with van der Waals surface area (Å²) in [7, 11) is 1.63. The van der Waals surface area contributed by atoms with Crippen molar-refractivity contribution < 1.29 is 9.53 Å². The molecule has 3 aromatic rings. The Hall–Kier alpha value is -3.60. The maximum absolute atomic E-state index is 12.2. The zero-order valence-electron chi connectivity index (χ0n) is 16.2. The third-order valence-electron chi connectivity index (χ3n) is 4.40. The molecule has 0 aliphatic carbocycles. The van der Waals surface area contributed by atoms with Gasteiger partial charge in [-0.25, -0.2) is 5.43 Å². The quantitative estimate of drug-likeness (QED) is 0.510.